The fraction of sp³-hybridized carbons (Fsp3) is 0.500. The first-order valence-corrected chi connectivity index (χ1v) is 11.3. The zero-order chi connectivity index (χ0) is 21.8. The summed E-state index contributed by atoms with van der Waals surface area (Å²) in [5.74, 6) is 6.56. The van der Waals surface area contributed by atoms with Crippen LogP contribution in [0.25, 0.3) is 10.9 Å². The normalized spacial score (nSPS) is 19.9. The summed E-state index contributed by atoms with van der Waals surface area (Å²) in [6, 6.07) is 7.54. The van der Waals surface area contributed by atoms with Crippen LogP contribution in [0.5, 0.6) is 0 Å². The number of carbonyl (C=O) groups is 1. The van der Waals surface area contributed by atoms with Crippen molar-refractivity contribution in [3.8, 4) is 0 Å². The van der Waals surface area contributed by atoms with Gasteiger partial charge >= 0.3 is 0 Å². The number of carbonyl (C=O) groups excluding carboxylic acids is 1. The number of rotatable bonds is 5. The molecule has 1 aromatic heterocycles. The van der Waals surface area contributed by atoms with Gasteiger partial charge in [0.1, 0.15) is 11.7 Å². The highest BCUT2D eigenvalue weighted by Gasteiger charge is 2.27. The minimum atomic E-state index is -0.00958. The van der Waals surface area contributed by atoms with Crippen molar-refractivity contribution in [3.05, 3.63) is 29.3 Å². The first-order valence-electron chi connectivity index (χ1n) is 10.9. The van der Waals surface area contributed by atoms with Gasteiger partial charge in [-0.15, -0.1) is 5.11 Å². The number of nitrogens with zero attached hydrogens (tertiary/aromatic N) is 4. The smallest absolute Gasteiger partial charge is 0.224 e. The van der Waals surface area contributed by atoms with E-state index in [1.54, 1.807) is 6.07 Å². The van der Waals surface area contributed by atoms with E-state index in [2.05, 4.69) is 20.6 Å². The predicted octanol–water partition coefficient (Wildman–Crippen LogP) is 4.93. The Hall–Kier alpha value is -2.74. The summed E-state index contributed by atoms with van der Waals surface area (Å²) < 4.78 is 0. The zero-order valence-corrected chi connectivity index (χ0v) is 18.2. The highest BCUT2D eigenvalue weighted by molar-refractivity contribution is 6.35. The molecule has 4 rings (SSSR count). The quantitative estimate of drug-likeness (QED) is 0.200. The molecule has 2 heterocycles. The van der Waals surface area contributed by atoms with Gasteiger partial charge in [0.2, 0.25) is 5.91 Å². The highest BCUT2D eigenvalue weighted by atomic mass is 35.5. The van der Waals surface area contributed by atoms with E-state index in [1.165, 1.54) is 19.3 Å². The lowest BCUT2D eigenvalue weighted by Crippen LogP contribution is -2.23. The van der Waals surface area contributed by atoms with Crippen LogP contribution in [-0.4, -0.2) is 29.8 Å². The number of fused-ring (bicyclic) bond motifs is 1. The van der Waals surface area contributed by atoms with Gasteiger partial charge in [0.15, 0.2) is 0 Å². The number of hydrogen-bond acceptors (Lipinski definition) is 5. The average molecular weight is 442 g/mol. The van der Waals surface area contributed by atoms with E-state index < -0.39 is 0 Å². The topological polar surface area (TPSA) is 120 Å². The molecule has 1 unspecified atom stereocenters. The molecule has 9 heteroatoms. The third kappa shape index (κ3) is 4.95. The molecule has 2 aromatic rings. The van der Waals surface area contributed by atoms with Crippen molar-refractivity contribution in [1.82, 2.24) is 4.98 Å². The molecule has 0 spiro atoms. The summed E-state index contributed by atoms with van der Waals surface area (Å²) in [5.41, 5.74) is 1.40. The summed E-state index contributed by atoms with van der Waals surface area (Å²) >= 11 is 6.43. The Morgan fingerprint density at radius 2 is 2.03 bits per heavy atom. The number of anilines is 2. The van der Waals surface area contributed by atoms with Crippen molar-refractivity contribution >= 4 is 45.8 Å². The molecule has 1 atom stereocenters. The molecule has 31 heavy (non-hydrogen) atoms. The van der Waals surface area contributed by atoms with Gasteiger partial charge in [-0.2, -0.15) is 0 Å². The van der Waals surface area contributed by atoms with Gasteiger partial charge in [0.25, 0.3) is 0 Å². The van der Waals surface area contributed by atoms with E-state index in [-0.39, 0.29) is 17.7 Å². The molecule has 1 aliphatic carbocycles. The average Bonchev–Trinajstić information content (AvgIpc) is 3.27. The Labute approximate surface area is 186 Å². The number of benzene rings is 1. The maximum Gasteiger partial charge on any atom is 0.224 e. The Morgan fingerprint density at radius 3 is 2.81 bits per heavy atom. The molecular weight excluding hydrogens is 414 g/mol. The summed E-state index contributed by atoms with van der Waals surface area (Å²) in [4.78, 5) is 19.6. The van der Waals surface area contributed by atoms with Crippen LogP contribution in [0.3, 0.4) is 0 Å². The van der Waals surface area contributed by atoms with Gasteiger partial charge in [-0.3, -0.25) is 10.2 Å². The van der Waals surface area contributed by atoms with Gasteiger partial charge in [0.05, 0.1) is 16.2 Å². The fourth-order valence-electron chi connectivity index (χ4n) is 4.65. The van der Waals surface area contributed by atoms with Gasteiger partial charge < -0.3 is 16.1 Å². The molecule has 2 aliphatic rings. The lowest BCUT2D eigenvalue weighted by Gasteiger charge is -2.21. The number of amidine groups is 1. The van der Waals surface area contributed by atoms with Crippen LogP contribution in [0.15, 0.2) is 34.6 Å². The van der Waals surface area contributed by atoms with Gasteiger partial charge in [-0.1, -0.05) is 36.1 Å². The molecule has 1 amide bonds. The molecule has 1 aliphatic heterocycles. The number of hydrogen-bond donors (Lipinski definition) is 3. The lowest BCUT2D eigenvalue weighted by molar-refractivity contribution is -0.117. The van der Waals surface area contributed by atoms with Crippen molar-refractivity contribution < 1.29 is 4.79 Å². The largest absolute Gasteiger partial charge is 0.356 e. The maximum absolute atomic E-state index is 12.7. The monoisotopic (exact) mass is 441 g/mol. The minimum Gasteiger partial charge on any atom is -0.356 e. The van der Waals surface area contributed by atoms with Crippen LogP contribution in [0.1, 0.15) is 44.9 Å². The van der Waals surface area contributed by atoms with E-state index in [0.717, 1.165) is 42.5 Å². The highest BCUT2D eigenvalue weighted by Crippen LogP contribution is 2.34. The Kier molecular flexibility index (Phi) is 6.65. The molecule has 8 nitrogen and oxygen atoms in total. The molecule has 4 N–H and O–H groups in total. The second-order valence-electron chi connectivity index (χ2n) is 8.45. The SMILES string of the molecule is N=C(N=NN)C1CCN(c2ccc3c(NC(=O)CC4CCCCC4)c(Cl)ccc3n2)C1. The first kappa shape index (κ1) is 21.5. The van der Waals surface area contributed by atoms with Crippen molar-refractivity contribution in [2.75, 3.05) is 23.3 Å². The molecule has 1 saturated carbocycles. The zero-order valence-electron chi connectivity index (χ0n) is 17.5. The number of pyridine rings is 1. The van der Waals surface area contributed by atoms with Crippen LogP contribution < -0.4 is 16.1 Å². The third-order valence-corrected chi connectivity index (χ3v) is 6.65. The summed E-state index contributed by atoms with van der Waals surface area (Å²) in [7, 11) is 0. The van der Waals surface area contributed by atoms with Crippen LogP contribution in [0, 0.1) is 17.2 Å². The number of nitrogens with one attached hydrogen (secondary N) is 2. The van der Waals surface area contributed by atoms with Gasteiger partial charge in [-0.25, -0.2) is 4.98 Å². The van der Waals surface area contributed by atoms with Crippen LogP contribution in [-0.2, 0) is 4.79 Å². The van der Waals surface area contributed by atoms with Crippen LogP contribution in [0.4, 0.5) is 11.5 Å². The van der Waals surface area contributed by atoms with Crippen molar-refractivity contribution in [1.29, 1.82) is 5.41 Å². The molecule has 0 radical (unpaired) electrons. The van der Waals surface area contributed by atoms with Crippen molar-refractivity contribution in [3.63, 3.8) is 0 Å². The van der Waals surface area contributed by atoms with Crippen LogP contribution in [0.2, 0.25) is 5.02 Å². The van der Waals surface area contributed by atoms with Crippen LogP contribution >= 0.6 is 11.6 Å². The molecule has 0 bridgehead atoms. The Balaban J connectivity index is 1.50. The second-order valence-corrected chi connectivity index (χ2v) is 8.85. The number of aromatic nitrogens is 1. The van der Waals surface area contributed by atoms with E-state index in [0.29, 0.717) is 29.6 Å². The standard InChI is InChI=1S/C22H28ClN7O/c23-17-7-8-18-16(21(17)27-20(31)12-14-4-2-1-3-5-14)6-9-19(26-18)30-11-10-15(13-30)22(24)28-29-25/h6-9,14-15H,1-5,10-13H2,(H,27,31)(H3,24,25,28). The van der Waals surface area contributed by atoms with E-state index >= 15 is 0 Å². The van der Waals surface area contributed by atoms with E-state index in [4.69, 9.17) is 27.8 Å². The molecule has 1 saturated heterocycles. The predicted molar refractivity (Wildman–Crippen MR) is 124 cm³/mol. The summed E-state index contributed by atoms with van der Waals surface area (Å²) in [5, 5.41) is 19.2. The van der Waals surface area contributed by atoms with Gasteiger partial charge in [-0.05, 0) is 49.4 Å². The second kappa shape index (κ2) is 9.60. The Bertz CT molecular complexity index is 1000. The fourth-order valence-corrected chi connectivity index (χ4v) is 4.86. The van der Waals surface area contributed by atoms with E-state index in [9.17, 15) is 4.79 Å². The first-order chi connectivity index (χ1) is 15.0. The third-order valence-electron chi connectivity index (χ3n) is 6.33. The summed E-state index contributed by atoms with van der Waals surface area (Å²) in [6.07, 6.45) is 7.31. The molecule has 1 aromatic carbocycles. The van der Waals surface area contributed by atoms with Crippen molar-refractivity contribution in [2.45, 2.75) is 44.9 Å². The molecule has 2 fully saturated rings. The maximum atomic E-state index is 12.7. The van der Waals surface area contributed by atoms with Gasteiger partial charge in [0, 0.05) is 30.8 Å². The molecular formula is C22H28ClN7O. The lowest BCUT2D eigenvalue weighted by atomic mass is 9.87. The number of amides is 1. The Morgan fingerprint density at radius 1 is 1.23 bits per heavy atom. The van der Waals surface area contributed by atoms with E-state index in [1.807, 2.05) is 18.2 Å². The van der Waals surface area contributed by atoms with Crippen molar-refractivity contribution in [2.24, 2.45) is 28.0 Å². The molecule has 164 valence electrons. The minimum absolute atomic E-state index is 0.00958. The summed E-state index contributed by atoms with van der Waals surface area (Å²) in [6.45, 7) is 1.43. The number of halogens is 1. The number of nitrogens with two attached hydrogens (primary N) is 1.